The Labute approximate surface area is 147 Å². The average Bonchev–Trinajstić information content (AvgIpc) is 2.96. The lowest BCUT2D eigenvalue weighted by molar-refractivity contribution is -0.135. The quantitative estimate of drug-likeness (QED) is 0.857. The second-order valence-corrected chi connectivity index (χ2v) is 5.70. The summed E-state index contributed by atoms with van der Waals surface area (Å²) < 4.78 is 38.8. The van der Waals surface area contributed by atoms with Crippen molar-refractivity contribution in [3.8, 4) is 11.5 Å². The molecule has 2 N–H and O–H groups in total. The number of carbonyl (C=O) groups excluding carboxylic acids is 1. The van der Waals surface area contributed by atoms with Crippen molar-refractivity contribution in [1.29, 1.82) is 0 Å². The van der Waals surface area contributed by atoms with Crippen molar-refractivity contribution in [3.63, 3.8) is 0 Å². The summed E-state index contributed by atoms with van der Waals surface area (Å²) in [5, 5.41) is 17.3. The topological polar surface area (TPSA) is 91.5 Å². The summed E-state index contributed by atoms with van der Waals surface area (Å²) in [4.78, 5) is 13.8. The van der Waals surface area contributed by atoms with E-state index in [4.69, 9.17) is 9.52 Å². The van der Waals surface area contributed by atoms with Crippen LogP contribution in [0, 0.1) is 12.7 Å². The molecule has 0 bridgehead atoms. The number of alkyl halides is 2. The number of aliphatic hydroxyl groups is 1. The van der Waals surface area contributed by atoms with E-state index < -0.39 is 12.7 Å². The van der Waals surface area contributed by atoms with E-state index in [9.17, 15) is 18.0 Å². The molecule has 1 aromatic carbocycles. The van der Waals surface area contributed by atoms with Gasteiger partial charge in [-0.05, 0) is 38.0 Å². The number of nitrogens with one attached hydrogen (secondary N) is 1. The molecular formula is C16H19F3N4O3. The maximum atomic E-state index is 13.6. The minimum Gasteiger partial charge on any atom is -0.403 e. The number of rotatable bonds is 4. The molecule has 142 valence electrons. The highest BCUT2D eigenvalue weighted by Crippen LogP contribution is 2.22. The van der Waals surface area contributed by atoms with E-state index in [0.717, 1.165) is 19.5 Å². The highest BCUT2D eigenvalue weighted by molar-refractivity contribution is 5.84. The summed E-state index contributed by atoms with van der Waals surface area (Å²) in [5.41, 5.74) is 1.06. The normalized spacial score (nSPS) is 14.3. The number of hydrogen-bond donors (Lipinski definition) is 2. The number of benzene rings is 1. The van der Waals surface area contributed by atoms with Crippen LogP contribution in [-0.2, 0) is 4.79 Å². The minimum absolute atomic E-state index is 0.00683. The Morgan fingerprint density at radius 3 is 2.54 bits per heavy atom. The van der Waals surface area contributed by atoms with Crippen LogP contribution in [0.5, 0.6) is 0 Å². The van der Waals surface area contributed by atoms with Gasteiger partial charge in [0.25, 0.3) is 0 Å². The Morgan fingerprint density at radius 1 is 1.35 bits per heavy atom. The third kappa shape index (κ3) is 5.19. The molecule has 0 spiro atoms. The molecule has 1 saturated heterocycles. The largest absolute Gasteiger partial charge is 0.403 e. The van der Waals surface area contributed by atoms with Crippen molar-refractivity contribution in [3.05, 3.63) is 29.6 Å². The number of anilines is 1. The van der Waals surface area contributed by atoms with E-state index >= 15 is 0 Å². The zero-order chi connectivity index (χ0) is 19.3. The number of aromatic nitrogens is 2. The van der Waals surface area contributed by atoms with Gasteiger partial charge >= 0.3 is 12.6 Å². The van der Waals surface area contributed by atoms with Gasteiger partial charge in [0.2, 0.25) is 11.8 Å². The summed E-state index contributed by atoms with van der Waals surface area (Å²) in [7, 11) is 0. The fourth-order valence-electron chi connectivity index (χ4n) is 2.18. The Balaban J connectivity index is 0.000000552. The third-order valence-electron chi connectivity index (χ3n) is 3.72. The zero-order valence-electron chi connectivity index (χ0n) is 14.2. The minimum atomic E-state index is -3.17. The first-order valence-electron chi connectivity index (χ1n) is 7.89. The van der Waals surface area contributed by atoms with Crippen molar-refractivity contribution in [2.75, 3.05) is 18.4 Å². The van der Waals surface area contributed by atoms with Crippen molar-refractivity contribution < 1.29 is 27.5 Å². The Hall–Kier alpha value is -2.62. The van der Waals surface area contributed by atoms with Gasteiger partial charge in [-0.1, -0.05) is 11.2 Å². The second kappa shape index (κ2) is 8.65. The lowest BCUT2D eigenvalue weighted by Gasteiger charge is -2.33. The van der Waals surface area contributed by atoms with Crippen LogP contribution in [-0.4, -0.2) is 51.9 Å². The van der Waals surface area contributed by atoms with E-state index in [2.05, 4.69) is 15.5 Å². The molecule has 1 aromatic heterocycles. The number of aliphatic hydroxyl groups excluding tert-OH is 1. The fourth-order valence-corrected chi connectivity index (χ4v) is 2.18. The standard InChI is InChI=1S/C15H17FN4O2.CH2F2O/c1-9-4-5-11(8-12(9)16)13-18-19-15(22-13)17-10(2)14(21)20-6-3-7-20;2-1(3)4/h4-5,8,10H,3,6-7H2,1-2H3,(H,17,19);1,4H/t10-;/m1./s1. The van der Waals surface area contributed by atoms with Crippen LogP contribution in [0.2, 0.25) is 0 Å². The van der Waals surface area contributed by atoms with E-state index in [1.165, 1.54) is 6.07 Å². The molecule has 0 saturated carbocycles. The second-order valence-electron chi connectivity index (χ2n) is 5.70. The van der Waals surface area contributed by atoms with E-state index in [1.54, 1.807) is 30.9 Å². The van der Waals surface area contributed by atoms with Crippen LogP contribution in [0.25, 0.3) is 11.5 Å². The van der Waals surface area contributed by atoms with E-state index in [0.29, 0.717) is 11.1 Å². The molecule has 1 fully saturated rings. The molecule has 2 aromatic rings. The molecule has 3 rings (SSSR count). The number of likely N-dealkylation sites (tertiary alicyclic amines) is 1. The monoisotopic (exact) mass is 372 g/mol. The third-order valence-corrected chi connectivity index (χ3v) is 3.72. The molecule has 1 aliphatic rings. The summed E-state index contributed by atoms with van der Waals surface area (Å²) >= 11 is 0. The molecule has 0 unspecified atom stereocenters. The first-order chi connectivity index (χ1) is 12.3. The van der Waals surface area contributed by atoms with Crippen LogP contribution in [0.3, 0.4) is 0 Å². The zero-order valence-corrected chi connectivity index (χ0v) is 14.2. The van der Waals surface area contributed by atoms with Crippen LogP contribution < -0.4 is 5.32 Å². The average molecular weight is 372 g/mol. The highest BCUT2D eigenvalue weighted by Gasteiger charge is 2.26. The summed E-state index contributed by atoms with van der Waals surface area (Å²) in [6.45, 7) is 1.85. The SMILES string of the molecule is Cc1ccc(-c2nnc(N[C@H](C)C(=O)N3CCC3)o2)cc1F.OC(F)F. The van der Waals surface area contributed by atoms with Gasteiger partial charge in [-0.3, -0.25) is 4.79 Å². The van der Waals surface area contributed by atoms with Gasteiger partial charge in [0, 0.05) is 18.7 Å². The lowest BCUT2D eigenvalue weighted by atomic mass is 10.1. The highest BCUT2D eigenvalue weighted by atomic mass is 19.3. The summed E-state index contributed by atoms with van der Waals surface area (Å²) in [6.07, 6.45) is 1.04. The number of nitrogens with zero attached hydrogens (tertiary/aromatic N) is 3. The number of carbonyl (C=O) groups is 1. The molecule has 26 heavy (non-hydrogen) atoms. The molecule has 10 heteroatoms. The van der Waals surface area contributed by atoms with Gasteiger partial charge < -0.3 is 19.7 Å². The number of hydrogen-bond acceptors (Lipinski definition) is 6. The predicted molar refractivity (Wildman–Crippen MR) is 86.9 cm³/mol. The number of aryl methyl sites for hydroxylation is 1. The molecule has 0 aliphatic carbocycles. The molecule has 1 amide bonds. The fraction of sp³-hybridized carbons (Fsp3) is 0.438. The maximum Gasteiger partial charge on any atom is 0.342 e. The van der Waals surface area contributed by atoms with E-state index in [-0.39, 0.29) is 23.6 Å². The Morgan fingerprint density at radius 2 is 2.00 bits per heavy atom. The van der Waals surface area contributed by atoms with Crippen molar-refractivity contribution in [2.24, 2.45) is 0 Å². The van der Waals surface area contributed by atoms with Gasteiger partial charge in [0.1, 0.15) is 11.9 Å². The van der Waals surface area contributed by atoms with Crippen molar-refractivity contribution >= 4 is 11.9 Å². The van der Waals surface area contributed by atoms with Crippen LogP contribution in [0.1, 0.15) is 18.9 Å². The first kappa shape index (κ1) is 19.7. The summed E-state index contributed by atoms with van der Waals surface area (Å²) in [5.74, 6) is -0.107. The molecule has 0 radical (unpaired) electrons. The van der Waals surface area contributed by atoms with Crippen LogP contribution >= 0.6 is 0 Å². The van der Waals surface area contributed by atoms with Crippen molar-refractivity contribution in [2.45, 2.75) is 32.9 Å². The van der Waals surface area contributed by atoms with Crippen LogP contribution in [0.15, 0.2) is 22.6 Å². The van der Waals surface area contributed by atoms with Gasteiger partial charge in [-0.15, -0.1) is 5.10 Å². The molecule has 1 atom stereocenters. The summed E-state index contributed by atoms with van der Waals surface area (Å²) in [6, 6.07) is 4.42. The van der Waals surface area contributed by atoms with Gasteiger partial charge in [0.15, 0.2) is 0 Å². The van der Waals surface area contributed by atoms with Crippen LogP contribution in [0.4, 0.5) is 19.2 Å². The van der Waals surface area contributed by atoms with Gasteiger partial charge in [0.05, 0.1) is 0 Å². The molecule has 7 nitrogen and oxygen atoms in total. The van der Waals surface area contributed by atoms with Crippen molar-refractivity contribution in [1.82, 2.24) is 15.1 Å². The Bertz CT molecular complexity index is 747. The van der Waals surface area contributed by atoms with Gasteiger partial charge in [-0.2, -0.15) is 8.78 Å². The Kier molecular flexibility index (Phi) is 6.56. The number of amides is 1. The number of halogens is 3. The smallest absolute Gasteiger partial charge is 0.342 e. The molecular weight excluding hydrogens is 353 g/mol. The maximum absolute atomic E-state index is 13.6. The molecule has 2 heterocycles. The molecule has 1 aliphatic heterocycles. The van der Waals surface area contributed by atoms with Gasteiger partial charge in [-0.25, -0.2) is 4.39 Å². The van der Waals surface area contributed by atoms with E-state index in [1.807, 2.05) is 0 Å². The lowest BCUT2D eigenvalue weighted by Crippen LogP contribution is -2.48. The predicted octanol–water partition coefficient (Wildman–Crippen LogP) is 2.42. The first-order valence-corrected chi connectivity index (χ1v) is 7.89.